The zero-order valence-corrected chi connectivity index (χ0v) is 95.4. The van der Waals surface area contributed by atoms with E-state index in [4.69, 9.17) is 0 Å². The van der Waals surface area contributed by atoms with Crippen molar-refractivity contribution in [3.05, 3.63) is 83.2 Å². The molecule has 0 bridgehead atoms. The maximum atomic E-state index is 4.26. The second-order valence-electron chi connectivity index (χ2n) is 46.8. The zero-order chi connectivity index (χ0) is 101. The molecule has 0 N–H and O–H groups in total. The van der Waals surface area contributed by atoms with Crippen LogP contribution in [0.3, 0.4) is 0 Å². The van der Waals surface area contributed by atoms with Gasteiger partial charge in [-0.25, -0.2) is 18.7 Å². The third-order valence-corrected chi connectivity index (χ3v) is 25.7. The van der Waals surface area contributed by atoms with Gasteiger partial charge in [-0.2, -0.15) is 0 Å². The van der Waals surface area contributed by atoms with E-state index in [1.807, 2.05) is 38.8 Å². The molecule has 794 valence electrons. The third-order valence-electron chi connectivity index (χ3n) is 25.7. The van der Waals surface area contributed by atoms with Gasteiger partial charge in [0.1, 0.15) is 0 Å². The number of unbranched alkanes of at least 4 members (excludes halogenated alkanes) is 20. The van der Waals surface area contributed by atoms with Crippen LogP contribution in [0.2, 0.25) is 0 Å². The van der Waals surface area contributed by atoms with E-state index in [1.54, 1.807) is 0 Å². The van der Waals surface area contributed by atoms with E-state index in [9.17, 15) is 0 Å². The Morgan fingerprint density at radius 2 is 0.336 bits per heavy atom. The van der Waals surface area contributed by atoms with Crippen LogP contribution in [0.4, 0.5) is 0 Å². The first-order valence-corrected chi connectivity index (χ1v) is 57.8. The SMILES string of the molecule is CC(C)CCCCCCCn1nncc1CCC(C)C.CC(C)CCCCCCCn1nncc1CCC(C)C.CC(C)CCCCCCn1nncc1CCCC(C)C.CC(C)CCCCCCn1nncc1CCCC(C)C.CC(C)CCCCCc1cn(CCCC(C)C)nn1.CC(C)CCCCCc1cn(CCCC(C)C)nn1.CC(C)CCCCc1cn(CCCCC(C)C)nn1. The van der Waals surface area contributed by atoms with Gasteiger partial charge in [0.25, 0.3) is 0 Å². The van der Waals surface area contributed by atoms with E-state index >= 15 is 0 Å². The van der Waals surface area contributed by atoms with Crippen molar-refractivity contribution in [1.29, 1.82) is 0 Å². The standard InChI is InChI=1S/4C17H33N3.3C16H31N3/c2*1-15(2)10-7-5-6-8-13-20-17(14-18-19-20)12-9-11-16(3)4;2*1-15(2)10-8-6-5-7-9-13-20-17(14-18-19-20)12-11-16(3)4;1-14(2)9-5-6-11-16-13-19(18-17-16)12-8-7-10-15(3)4;2*1-14(2)9-6-5-7-11-16-13-19(18-17-16)12-8-10-15(3)4/h4*14-16H,5-13H2,1-4H3;3*13-15H,5-12H2,1-4H3. The Bertz CT molecular complexity index is 3440. The van der Waals surface area contributed by atoms with Crippen LogP contribution in [0, 0.1) is 82.9 Å². The van der Waals surface area contributed by atoms with Crippen molar-refractivity contribution in [2.24, 2.45) is 82.9 Å². The summed E-state index contributed by atoms with van der Waals surface area (Å²) in [6.45, 7) is 71.3. The van der Waals surface area contributed by atoms with Crippen LogP contribution in [-0.2, 0) is 90.8 Å². The van der Waals surface area contributed by atoms with E-state index in [0.29, 0.717) is 0 Å². The third kappa shape index (κ3) is 80.1. The molecule has 0 aliphatic rings. The highest BCUT2D eigenvalue weighted by Gasteiger charge is 2.14. The molecule has 0 saturated heterocycles. The van der Waals surface area contributed by atoms with E-state index in [2.05, 4.69) is 303 Å². The van der Waals surface area contributed by atoms with Gasteiger partial charge in [-0.3, -0.25) is 14.0 Å². The molecule has 21 heteroatoms. The zero-order valence-electron chi connectivity index (χ0n) is 95.4. The molecular weight excluding hydrogens is 1690 g/mol. The van der Waals surface area contributed by atoms with Gasteiger partial charge in [-0.05, 0) is 231 Å². The molecule has 7 heterocycles. The molecule has 0 aliphatic heterocycles. The molecule has 0 saturated carbocycles. The predicted octanol–water partition coefficient (Wildman–Crippen LogP) is 32.9. The van der Waals surface area contributed by atoms with Crippen LogP contribution in [0.15, 0.2) is 43.4 Å². The van der Waals surface area contributed by atoms with Crippen molar-refractivity contribution in [3.8, 4) is 0 Å². The summed E-state index contributed by atoms with van der Waals surface area (Å²) in [5.74, 6) is 11.3. The van der Waals surface area contributed by atoms with Crippen LogP contribution in [0.1, 0.15) is 529 Å². The fraction of sp³-hybridized carbons (Fsp3) is 0.879. The van der Waals surface area contributed by atoms with E-state index in [-0.39, 0.29) is 0 Å². The quantitative estimate of drug-likeness (QED) is 0.0324. The second-order valence-corrected chi connectivity index (χ2v) is 46.8. The highest BCUT2D eigenvalue weighted by molar-refractivity contribution is 4.98. The van der Waals surface area contributed by atoms with Crippen LogP contribution in [0.25, 0.3) is 0 Å². The largest absolute Gasteiger partial charge is 0.252 e. The van der Waals surface area contributed by atoms with Gasteiger partial charge in [-0.1, -0.05) is 423 Å². The lowest BCUT2D eigenvalue weighted by Crippen LogP contribution is -2.06. The van der Waals surface area contributed by atoms with Gasteiger partial charge in [0, 0.05) is 64.4 Å². The number of nitrogens with zero attached hydrogens (tertiary/aromatic N) is 21. The fourth-order valence-corrected chi connectivity index (χ4v) is 16.7. The smallest absolute Gasteiger partial charge is 0.0827 e. The minimum absolute atomic E-state index is 0.749. The lowest BCUT2D eigenvalue weighted by molar-refractivity contribution is 0.476. The summed E-state index contributed by atoms with van der Waals surface area (Å²) in [4.78, 5) is 0. The molecule has 21 nitrogen and oxygen atoms in total. The topological polar surface area (TPSA) is 215 Å². The summed E-state index contributed by atoms with van der Waals surface area (Å²) >= 11 is 0. The van der Waals surface area contributed by atoms with Crippen LogP contribution in [0.5, 0.6) is 0 Å². The van der Waals surface area contributed by atoms with Crippen LogP contribution in [-0.4, -0.2) is 105 Å². The number of aromatic nitrogens is 21. The first-order valence-electron chi connectivity index (χ1n) is 57.8. The van der Waals surface area contributed by atoms with E-state index in [0.717, 1.165) is 191 Å². The highest BCUT2D eigenvalue weighted by atomic mass is 15.5. The Kier molecular flexibility index (Phi) is 80.5. The molecule has 0 aromatic carbocycles. The Balaban J connectivity index is 0.000000799. The second kappa shape index (κ2) is 85.6. The normalized spacial score (nSPS) is 11.7. The lowest BCUT2D eigenvalue weighted by atomic mass is 10.0. The summed E-state index contributed by atoms with van der Waals surface area (Å²) < 4.78 is 14.5. The molecule has 137 heavy (non-hydrogen) atoms. The first kappa shape index (κ1) is 129. The van der Waals surface area contributed by atoms with Crippen molar-refractivity contribution in [1.82, 2.24) is 105 Å². The summed E-state index contributed by atoms with van der Waals surface area (Å²) in [7, 11) is 0. The summed E-state index contributed by atoms with van der Waals surface area (Å²) in [6, 6.07) is 0. The Hall–Kier alpha value is -6.02. The number of rotatable bonds is 74. The minimum atomic E-state index is 0.749. The Morgan fingerprint density at radius 1 is 0.161 bits per heavy atom. The molecule has 0 atom stereocenters. The van der Waals surface area contributed by atoms with Crippen molar-refractivity contribution < 1.29 is 0 Å². The average Bonchev–Trinajstić information content (AvgIpc) is 1.85. The highest BCUT2D eigenvalue weighted by Crippen LogP contribution is 2.22. The molecule has 7 rings (SSSR count). The maximum Gasteiger partial charge on any atom is 0.0827 e. The van der Waals surface area contributed by atoms with Gasteiger partial charge in [-0.15, -0.1) is 35.7 Å². The molecule has 7 aromatic rings. The van der Waals surface area contributed by atoms with Gasteiger partial charge in [0.15, 0.2) is 0 Å². The maximum absolute atomic E-state index is 4.26. The predicted molar refractivity (Wildman–Crippen MR) is 586 cm³/mol. The number of aryl methyl sites for hydroxylation is 14. The van der Waals surface area contributed by atoms with Gasteiger partial charge in [0.05, 0.1) is 64.6 Å². The molecule has 0 radical (unpaired) electrons. The molecule has 0 aliphatic carbocycles. The molecule has 0 unspecified atom stereocenters. The van der Waals surface area contributed by atoms with E-state index in [1.165, 1.54) is 318 Å². The van der Waals surface area contributed by atoms with Gasteiger partial charge >= 0.3 is 0 Å². The molecular formula is C116H225N21. The van der Waals surface area contributed by atoms with E-state index < -0.39 is 0 Å². The lowest BCUT2D eigenvalue weighted by Gasteiger charge is -2.08. The molecule has 0 amide bonds. The van der Waals surface area contributed by atoms with Gasteiger partial charge in [0.2, 0.25) is 0 Å². The van der Waals surface area contributed by atoms with Crippen LogP contribution < -0.4 is 0 Å². The molecule has 0 fully saturated rings. The van der Waals surface area contributed by atoms with Crippen molar-refractivity contribution in [3.63, 3.8) is 0 Å². The van der Waals surface area contributed by atoms with Crippen molar-refractivity contribution in [2.45, 2.75) is 580 Å². The number of hydrogen-bond acceptors (Lipinski definition) is 14. The Labute approximate surface area is 846 Å². The van der Waals surface area contributed by atoms with Gasteiger partial charge < -0.3 is 0 Å². The average molecular weight is 1910 g/mol. The first-order chi connectivity index (χ1) is 65.6. The van der Waals surface area contributed by atoms with Crippen LogP contribution >= 0.6 is 0 Å². The Morgan fingerprint density at radius 3 is 0.584 bits per heavy atom. The summed E-state index contributed by atoms with van der Waals surface area (Å²) in [6.07, 6.45) is 82.0. The summed E-state index contributed by atoms with van der Waals surface area (Å²) in [5, 5.41) is 58.6. The fourth-order valence-electron chi connectivity index (χ4n) is 16.7. The summed E-state index contributed by atoms with van der Waals surface area (Å²) in [5.41, 5.74) is 8.72. The van der Waals surface area contributed by atoms with Crippen molar-refractivity contribution in [2.75, 3.05) is 0 Å². The monoisotopic (exact) mass is 1910 g/mol. The number of hydrogen-bond donors (Lipinski definition) is 0. The molecule has 0 spiro atoms. The molecule has 7 aromatic heterocycles. The minimum Gasteiger partial charge on any atom is -0.252 e. The van der Waals surface area contributed by atoms with Crippen molar-refractivity contribution >= 4 is 0 Å².